The smallest absolute Gasteiger partial charge is 0.179 e. The van der Waals surface area contributed by atoms with Crippen LogP contribution < -0.4 is 10.6 Å². The van der Waals surface area contributed by atoms with E-state index in [2.05, 4.69) is 25.6 Å². The lowest BCUT2D eigenvalue weighted by Gasteiger charge is -2.13. The monoisotopic (exact) mass is 247 g/mol. The van der Waals surface area contributed by atoms with Gasteiger partial charge in [-0.15, -0.1) is 0 Å². The molecule has 18 heavy (non-hydrogen) atoms. The first kappa shape index (κ1) is 11.4. The number of ether oxygens (including phenoxy) is 1. The van der Waals surface area contributed by atoms with Gasteiger partial charge >= 0.3 is 0 Å². The third-order valence-electron chi connectivity index (χ3n) is 3.42. The van der Waals surface area contributed by atoms with Gasteiger partial charge in [0, 0.05) is 13.1 Å². The van der Waals surface area contributed by atoms with Crippen molar-refractivity contribution in [2.75, 3.05) is 32.6 Å². The molecule has 0 amide bonds. The first-order valence-electron chi connectivity index (χ1n) is 6.11. The van der Waals surface area contributed by atoms with Crippen LogP contribution in [-0.4, -0.2) is 48.3 Å². The van der Waals surface area contributed by atoms with Crippen LogP contribution in [-0.2, 0) is 4.74 Å². The summed E-state index contributed by atoms with van der Waals surface area (Å²) >= 11 is 0. The number of imidazole rings is 1. The molecule has 2 unspecified atom stereocenters. The fourth-order valence-corrected chi connectivity index (χ4v) is 2.33. The van der Waals surface area contributed by atoms with Crippen molar-refractivity contribution in [3.63, 3.8) is 0 Å². The van der Waals surface area contributed by atoms with Crippen LogP contribution >= 0.6 is 0 Å². The van der Waals surface area contributed by atoms with Gasteiger partial charge in [-0.05, 0) is 19.2 Å². The summed E-state index contributed by atoms with van der Waals surface area (Å²) in [4.78, 5) is 12.3. The number of anilines is 1. The minimum absolute atomic E-state index is 0.266. The standard InChI is InChI=1S/C12H17N5O/c1-13-9-6-18-5-7(9)11-15-8-3-4-10(14-2)16-12(8)17-11/h3-4,7,9,13H,5-6H2,1-2H3,(H2,14,15,16,17). The van der Waals surface area contributed by atoms with Crippen molar-refractivity contribution >= 4 is 17.0 Å². The van der Waals surface area contributed by atoms with Crippen LogP contribution in [0, 0.1) is 0 Å². The summed E-state index contributed by atoms with van der Waals surface area (Å²) in [6.45, 7) is 1.43. The number of hydrogen-bond acceptors (Lipinski definition) is 5. The fraction of sp³-hybridized carbons (Fsp3) is 0.500. The van der Waals surface area contributed by atoms with Gasteiger partial charge in [-0.1, -0.05) is 0 Å². The Balaban J connectivity index is 1.97. The highest BCUT2D eigenvalue weighted by molar-refractivity contribution is 5.73. The summed E-state index contributed by atoms with van der Waals surface area (Å²) in [5, 5.41) is 6.28. The summed E-state index contributed by atoms with van der Waals surface area (Å²) in [5.74, 6) is 2.04. The van der Waals surface area contributed by atoms with Crippen LogP contribution in [0.3, 0.4) is 0 Å². The SMILES string of the molecule is CNc1ccc2[nH]c(C3COCC3NC)nc2n1. The van der Waals surface area contributed by atoms with E-state index in [0.29, 0.717) is 12.6 Å². The first-order chi connectivity index (χ1) is 8.81. The van der Waals surface area contributed by atoms with Crippen molar-refractivity contribution in [3.8, 4) is 0 Å². The number of nitrogens with zero attached hydrogens (tertiary/aromatic N) is 2. The normalized spacial score (nSPS) is 23.7. The van der Waals surface area contributed by atoms with E-state index in [1.807, 2.05) is 26.2 Å². The summed E-state index contributed by atoms with van der Waals surface area (Å²) in [6, 6.07) is 4.24. The Morgan fingerprint density at radius 3 is 2.94 bits per heavy atom. The molecule has 1 aliphatic rings. The van der Waals surface area contributed by atoms with Gasteiger partial charge in [0.25, 0.3) is 0 Å². The van der Waals surface area contributed by atoms with Gasteiger partial charge in [-0.25, -0.2) is 9.97 Å². The van der Waals surface area contributed by atoms with Gasteiger partial charge in [0.15, 0.2) is 5.65 Å². The van der Waals surface area contributed by atoms with E-state index in [1.165, 1.54) is 0 Å². The minimum atomic E-state index is 0.266. The molecule has 0 saturated carbocycles. The number of nitrogens with one attached hydrogen (secondary N) is 3. The minimum Gasteiger partial charge on any atom is -0.379 e. The van der Waals surface area contributed by atoms with E-state index in [9.17, 15) is 0 Å². The number of aromatic amines is 1. The van der Waals surface area contributed by atoms with Crippen molar-refractivity contribution in [1.82, 2.24) is 20.3 Å². The van der Waals surface area contributed by atoms with Crippen molar-refractivity contribution in [1.29, 1.82) is 0 Å². The second-order valence-corrected chi connectivity index (χ2v) is 4.48. The lowest BCUT2D eigenvalue weighted by atomic mass is 10.0. The molecule has 96 valence electrons. The second kappa shape index (κ2) is 4.55. The molecule has 3 N–H and O–H groups in total. The van der Waals surface area contributed by atoms with Crippen LogP contribution in [0.4, 0.5) is 5.82 Å². The maximum absolute atomic E-state index is 5.50. The number of aromatic nitrogens is 3. The fourth-order valence-electron chi connectivity index (χ4n) is 2.33. The Labute approximate surface area is 105 Å². The number of pyridine rings is 1. The van der Waals surface area contributed by atoms with E-state index in [1.54, 1.807) is 0 Å². The Morgan fingerprint density at radius 1 is 1.28 bits per heavy atom. The van der Waals surface area contributed by atoms with Gasteiger partial charge in [-0.2, -0.15) is 0 Å². The number of likely N-dealkylation sites (N-methyl/N-ethyl adjacent to an activating group) is 1. The molecule has 3 heterocycles. The molecule has 2 aromatic rings. The highest BCUT2D eigenvalue weighted by atomic mass is 16.5. The number of fused-ring (bicyclic) bond motifs is 1. The zero-order valence-electron chi connectivity index (χ0n) is 10.5. The molecule has 1 fully saturated rings. The molecule has 3 rings (SSSR count). The van der Waals surface area contributed by atoms with E-state index in [4.69, 9.17) is 4.74 Å². The second-order valence-electron chi connectivity index (χ2n) is 4.48. The molecule has 0 aromatic carbocycles. The largest absolute Gasteiger partial charge is 0.379 e. The molecule has 0 aliphatic carbocycles. The first-order valence-corrected chi connectivity index (χ1v) is 6.11. The molecule has 6 heteroatoms. The van der Waals surface area contributed by atoms with Crippen LogP contribution in [0.25, 0.3) is 11.2 Å². The highest BCUT2D eigenvalue weighted by Gasteiger charge is 2.30. The Hall–Kier alpha value is -1.66. The average Bonchev–Trinajstić information content (AvgIpc) is 3.03. The van der Waals surface area contributed by atoms with Crippen LogP contribution in [0.1, 0.15) is 11.7 Å². The lowest BCUT2D eigenvalue weighted by molar-refractivity contribution is 0.188. The zero-order chi connectivity index (χ0) is 12.5. The molecule has 1 aliphatic heterocycles. The molecule has 1 saturated heterocycles. The van der Waals surface area contributed by atoms with E-state index < -0.39 is 0 Å². The van der Waals surface area contributed by atoms with E-state index >= 15 is 0 Å². The Bertz CT molecular complexity index is 552. The maximum Gasteiger partial charge on any atom is 0.179 e. The van der Waals surface area contributed by atoms with Crippen LogP contribution in [0.5, 0.6) is 0 Å². The summed E-state index contributed by atoms with van der Waals surface area (Å²) < 4.78 is 5.50. The quantitative estimate of drug-likeness (QED) is 0.744. The third-order valence-corrected chi connectivity index (χ3v) is 3.42. The molecule has 0 bridgehead atoms. The van der Waals surface area contributed by atoms with Crippen molar-refractivity contribution in [2.24, 2.45) is 0 Å². The molecule has 6 nitrogen and oxygen atoms in total. The molecule has 2 atom stereocenters. The van der Waals surface area contributed by atoms with Crippen LogP contribution in [0.2, 0.25) is 0 Å². The summed E-state index contributed by atoms with van der Waals surface area (Å²) in [5.41, 5.74) is 1.71. The van der Waals surface area contributed by atoms with E-state index in [0.717, 1.165) is 29.4 Å². The number of hydrogen-bond donors (Lipinski definition) is 3. The number of rotatable bonds is 3. The third kappa shape index (κ3) is 1.83. The van der Waals surface area contributed by atoms with Gasteiger partial charge in [0.05, 0.1) is 24.6 Å². The topological polar surface area (TPSA) is 74.9 Å². The number of H-pyrrole nitrogens is 1. The Kier molecular flexibility index (Phi) is 2.89. The molecule has 2 aromatic heterocycles. The van der Waals surface area contributed by atoms with Crippen molar-refractivity contribution < 1.29 is 4.74 Å². The maximum atomic E-state index is 5.50. The zero-order valence-corrected chi connectivity index (χ0v) is 10.5. The highest BCUT2D eigenvalue weighted by Crippen LogP contribution is 2.25. The Morgan fingerprint density at radius 2 is 2.17 bits per heavy atom. The molecule has 0 spiro atoms. The average molecular weight is 247 g/mol. The summed E-state index contributed by atoms with van der Waals surface area (Å²) in [7, 11) is 3.80. The molecular weight excluding hydrogens is 230 g/mol. The van der Waals surface area contributed by atoms with Crippen LogP contribution in [0.15, 0.2) is 12.1 Å². The van der Waals surface area contributed by atoms with Gasteiger partial charge in [0.2, 0.25) is 0 Å². The predicted octanol–water partition coefficient (Wildman–Crippen LogP) is 0.701. The molecule has 0 radical (unpaired) electrons. The lowest BCUT2D eigenvalue weighted by Crippen LogP contribution is -2.31. The van der Waals surface area contributed by atoms with Gasteiger partial charge < -0.3 is 20.4 Å². The summed E-state index contributed by atoms with van der Waals surface area (Å²) in [6.07, 6.45) is 0. The molecular formula is C12H17N5O. The van der Waals surface area contributed by atoms with E-state index in [-0.39, 0.29) is 5.92 Å². The van der Waals surface area contributed by atoms with Crippen molar-refractivity contribution in [2.45, 2.75) is 12.0 Å². The predicted molar refractivity (Wildman–Crippen MR) is 69.8 cm³/mol. The van der Waals surface area contributed by atoms with Gasteiger partial charge in [0.1, 0.15) is 11.6 Å². The van der Waals surface area contributed by atoms with Gasteiger partial charge in [-0.3, -0.25) is 0 Å². The van der Waals surface area contributed by atoms with Crippen molar-refractivity contribution in [3.05, 3.63) is 18.0 Å².